The molecule has 1 aromatic rings. The molecule has 1 aliphatic rings. The van der Waals surface area contributed by atoms with Crippen LogP contribution in [0.2, 0.25) is 0 Å². The maximum absolute atomic E-state index is 4.53. The Morgan fingerprint density at radius 1 is 1.38 bits per heavy atom. The molecule has 0 saturated heterocycles. The minimum Gasteiger partial charge on any atom is -0.313 e. The Morgan fingerprint density at radius 2 is 2.12 bits per heavy atom. The van der Waals surface area contributed by atoms with Crippen molar-refractivity contribution in [2.45, 2.75) is 53.1 Å². The van der Waals surface area contributed by atoms with Crippen molar-refractivity contribution in [2.75, 3.05) is 6.54 Å². The molecule has 0 atom stereocenters. The first-order valence-corrected chi connectivity index (χ1v) is 6.46. The Hall–Kier alpha value is -0.830. The molecule has 0 radical (unpaired) electrons. The third-order valence-corrected chi connectivity index (χ3v) is 3.56. The molecule has 0 aliphatic heterocycles. The van der Waals surface area contributed by atoms with E-state index in [-0.39, 0.29) is 0 Å². The number of hydrogen-bond acceptors (Lipinski definition) is 2. The minimum atomic E-state index is 0.967. The van der Waals surface area contributed by atoms with Crippen molar-refractivity contribution in [2.24, 2.45) is 5.92 Å². The second-order valence-electron chi connectivity index (χ2n) is 4.87. The van der Waals surface area contributed by atoms with Crippen LogP contribution in [0.15, 0.2) is 0 Å². The molecule has 0 bridgehead atoms. The molecule has 1 heterocycles. The summed E-state index contributed by atoms with van der Waals surface area (Å²) in [6.45, 7) is 9.52. The van der Waals surface area contributed by atoms with Crippen LogP contribution in [0.5, 0.6) is 0 Å². The zero-order valence-corrected chi connectivity index (χ0v) is 10.7. The Kier molecular flexibility index (Phi) is 3.64. The molecule has 90 valence electrons. The second kappa shape index (κ2) is 5.00. The fourth-order valence-electron chi connectivity index (χ4n) is 2.22. The van der Waals surface area contributed by atoms with E-state index in [0.717, 1.165) is 25.6 Å². The lowest BCUT2D eigenvalue weighted by atomic mass is 10.2. The van der Waals surface area contributed by atoms with E-state index in [1.807, 2.05) is 0 Å². The highest BCUT2D eigenvalue weighted by Crippen LogP contribution is 2.31. The van der Waals surface area contributed by atoms with Crippen LogP contribution in [-0.2, 0) is 13.1 Å². The first-order chi connectivity index (χ1) is 7.72. The summed E-state index contributed by atoms with van der Waals surface area (Å²) in [5.74, 6) is 1.02. The van der Waals surface area contributed by atoms with Crippen LogP contribution in [0, 0.1) is 19.8 Å². The van der Waals surface area contributed by atoms with Gasteiger partial charge in [0.1, 0.15) is 0 Å². The predicted octanol–water partition coefficient (Wildman–Crippen LogP) is 2.41. The van der Waals surface area contributed by atoms with Crippen molar-refractivity contribution in [1.29, 1.82) is 0 Å². The highest BCUT2D eigenvalue weighted by molar-refractivity contribution is 5.24. The van der Waals surface area contributed by atoms with Gasteiger partial charge in [0.25, 0.3) is 0 Å². The predicted molar refractivity (Wildman–Crippen MR) is 66.4 cm³/mol. The van der Waals surface area contributed by atoms with E-state index in [0.29, 0.717) is 0 Å². The van der Waals surface area contributed by atoms with Gasteiger partial charge in [-0.2, -0.15) is 5.10 Å². The molecule has 1 fully saturated rings. The fourth-order valence-corrected chi connectivity index (χ4v) is 2.22. The average molecular weight is 221 g/mol. The van der Waals surface area contributed by atoms with Gasteiger partial charge in [0.15, 0.2) is 0 Å². The molecule has 3 nitrogen and oxygen atoms in total. The van der Waals surface area contributed by atoms with Crippen LogP contribution in [0.4, 0.5) is 0 Å². The van der Waals surface area contributed by atoms with Crippen LogP contribution in [-0.4, -0.2) is 16.3 Å². The third kappa shape index (κ3) is 2.64. The van der Waals surface area contributed by atoms with Crippen molar-refractivity contribution in [1.82, 2.24) is 15.1 Å². The number of aryl methyl sites for hydroxylation is 2. The minimum absolute atomic E-state index is 0.967. The highest BCUT2D eigenvalue weighted by atomic mass is 15.3. The molecule has 1 N–H and O–H groups in total. The average Bonchev–Trinajstić information content (AvgIpc) is 3.04. The van der Waals surface area contributed by atoms with E-state index < -0.39 is 0 Å². The Morgan fingerprint density at radius 3 is 2.69 bits per heavy atom. The van der Waals surface area contributed by atoms with Crippen LogP contribution in [0.3, 0.4) is 0 Å². The van der Waals surface area contributed by atoms with E-state index in [1.54, 1.807) is 0 Å². The number of hydrogen-bond donors (Lipinski definition) is 1. The van der Waals surface area contributed by atoms with Gasteiger partial charge in [-0.3, -0.25) is 4.68 Å². The summed E-state index contributed by atoms with van der Waals surface area (Å²) in [6.07, 6.45) is 4.25. The third-order valence-electron chi connectivity index (χ3n) is 3.56. The molecule has 16 heavy (non-hydrogen) atoms. The van der Waals surface area contributed by atoms with Gasteiger partial charge in [0.05, 0.1) is 5.69 Å². The molecule has 0 aromatic carbocycles. The van der Waals surface area contributed by atoms with Crippen LogP contribution in [0.1, 0.15) is 43.1 Å². The molecule has 0 amide bonds. The summed E-state index contributed by atoms with van der Waals surface area (Å²) in [7, 11) is 0. The van der Waals surface area contributed by atoms with Crippen molar-refractivity contribution >= 4 is 0 Å². The summed E-state index contributed by atoms with van der Waals surface area (Å²) in [6, 6.07) is 0. The fraction of sp³-hybridized carbons (Fsp3) is 0.769. The maximum Gasteiger partial charge on any atom is 0.0641 e. The topological polar surface area (TPSA) is 29.9 Å². The molecule has 3 heteroatoms. The lowest BCUT2D eigenvalue weighted by molar-refractivity contribution is 0.606. The van der Waals surface area contributed by atoms with Gasteiger partial charge >= 0.3 is 0 Å². The van der Waals surface area contributed by atoms with Crippen LogP contribution >= 0.6 is 0 Å². The molecule has 1 aliphatic carbocycles. The smallest absolute Gasteiger partial charge is 0.0641 e. The van der Waals surface area contributed by atoms with E-state index in [1.165, 1.54) is 36.2 Å². The maximum atomic E-state index is 4.53. The molecule has 2 rings (SSSR count). The van der Waals surface area contributed by atoms with Gasteiger partial charge in [0.2, 0.25) is 0 Å². The zero-order valence-electron chi connectivity index (χ0n) is 10.7. The molecule has 0 spiro atoms. The second-order valence-corrected chi connectivity index (χ2v) is 4.87. The van der Waals surface area contributed by atoms with Gasteiger partial charge < -0.3 is 5.32 Å². The van der Waals surface area contributed by atoms with Crippen molar-refractivity contribution in [3.8, 4) is 0 Å². The zero-order chi connectivity index (χ0) is 11.5. The summed E-state index contributed by atoms with van der Waals surface area (Å²) >= 11 is 0. The van der Waals surface area contributed by atoms with Gasteiger partial charge in [0, 0.05) is 24.3 Å². The molecule has 1 aromatic heterocycles. The Labute approximate surface area is 98.2 Å². The lowest BCUT2D eigenvalue weighted by Crippen LogP contribution is -2.16. The number of aromatic nitrogens is 2. The van der Waals surface area contributed by atoms with Gasteiger partial charge in [-0.25, -0.2) is 0 Å². The van der Waals surface area contributed by atoms with Gasteiger partial charge in [-0.05, 0) is 39.7 Å². The van der Waals surface area contributed by atoms with E-state index in [2.05, 4.69) is 35.9 Å². The standard InChI is InChI=1S/C13H23N3/c1-4-16-11(3)13(10(2)15-16)9-14-8-7-12-5-6-12/h12,14H,4-9H2,1-3H3. The first kappa shape index (κ1) is 11.6. The summed E-state index contributed by atoms with van der Waals surface area (Å²) in [5.41, 5.74) is 3.88. The lowest BCUT2D eigenvalue weighted by Gasteiger charge is -2.05. The SMILES string of the molecule is CCn1nc(C)c(CNCCC2CC2)c1C. The monoisotopic (exact) mass is 221 g/mol. The van der Waals surface area contributed by atoms with E-state index in [9.17, 15) is 0 Å². The summed E-state index contributed by atoms with van der Waals surface area (Å²) in [4.78, 5) is 0. The largest absolute Gasteiger partial charge is 0.313 e. The Bertz CT molecular complexity index is 350. The molecule has 1 saturated carbocycles. The van der Waals surface area contributed by atoms with Gasteiger partial charge in [-0.1, -0.05) is 12.8 Å². The van der Waals surface area contributed by atoms with E-state index >= 15 is 0 Å². The van der Waals surface area contributed by atoms with Crippen molar-refractivity contribution in [3.63, 3.8) is 0 Å². The number of nitrogens with one attached hydrogen (secondary N) is 1. The molecular weight excluding hydrogens is 198 g/mol. The number of nitrogens with zero attached hydrogens (tertiary/aromatic N) is 2. The quantitative estimate of drug-likeness (QED) is 0.748. The first-order valence-electron chi connectivity index (χ1n) is 6.46. The number of rotatable bonds is 6. The summed E-state index contributed by atoms with van der Waals surface area (Å²) < 4.78 is 2.09. The van der Waals surface area contributed by atoms with Crippen LogP contribution < -0.4 is 5.32 Å². The van der Waals surface area contributed by atoms with Crippen molar-refractivity contribution < 1.29 is 0 Å². The van der Waals surface area contributed by atoms with Crippen LogP contribution in [0.25, 0.3) is 0 Å². The Balaban J connectivity index is 1.84. The summed E-state index contributed by atoms with van der Waals surface area (Å²) in [5, 5.41) is 8.07. The van der Waals surface area contributed by atoms with Gasteiger partial charge in [-0.15, -0.1) is 0 Å². The normalized spacial score (nSPS) is 15.7. The molecule has 0 unspecified atom stereocenters. The molecular formula is C13H23N3. The highest BCUT2D eigenvalue weighted by Gasteiger charge is 2.20. The van der Waals surface area contributed by atoms with E-state index in [4.69, 9.17) is 0 Å². The van der Waals surface area contributed by atoms with Crippen molar-refractivity contribution in [3.05, 3.63) is 17.0 Å².